The number of nitrogens with zero attached hydrogens (tertiary/aromatic N) is 2. The van der Waals surface area contributed by atoms with Crippen molar-refractivity contribution in [3.63, 3.8) is 0 Å². The highest BCUT2D eigenvalue weighted by atomic mass is 16.5. The molecular formula is C21H31N3O5. The Hall–Kier alpha value is -2.29. The Morgan fingerprint density at radius 1 is 1.17 bits per heavy atom. The number of carbonyl (C=O) groups is 1. The van der Waals surface area contributed by atoms with Crippen LogP contribution in [0.1, 0.15) is 12.8 Å². The average molecular weight is 405 g/mol. The van der Waals surface area contributed by atoms with Gasteiger partial charge in [-0.15, -0.1) is 0 Å². The Bertz CT molecular complexity index is 680. The topological polar surface area (TPSA) is 83.5 Å². The van der Waals surface area contributed by atoms with E-state index in [0.717, 1.165) is 43.3 Å². The van der Waals surface area contributed by atoms with Crippen molar-refractivity contribution < 1.29 is 24.2 Å². The molecule has 8 heteroatoms. The first-order chi connectivity index (χ1) is 14.1. The number of rotatable bonds is 8. The maximum atomic E-state index is 12.5. The standard InChI is InChI=1S/C21H31N3O5/c1-17(21(20(25)22-26)7-13-28-14-8-21)23-9-11-24(12-10-23)18-3-5-19(6-4-18)29-16-15-27-2/h3-6,26H,1,7-16H2,2H3,(H,22,25). The van der Waals surface area contributed by atoms with Crippen molar-refractivity contribution >= 4 is 11.6 Å². The second kappa shape index (κ2) is 9.96. The number of ether oxygens (including phenoxy) is 3. The summed E-state index contributed by atoms with van der Waals surface area (Å²) in [7, 11) is 1.65. The molecule has 160 valence electrons. The molecule has 1 amide bonds. The molecule has 2 N–H and O–H groups in total. The summed E-state index contributed by atoms with van der Waals surface area (Å²) in [6.07, 6.45) is 1.06. The molecule has 1 aromatic rings. The van der Waals surface area contributed by atoms with Gasteiger partial charge in [0.25, 0.3) is 5.91 Å². The van der Waals surface area contributed by atoms with E-state index < -0.39 is 11.3 Å². The number of hydroxylamine groups is 1. The Morgan fingerprint density at radius 3 is 2.41 bits per heavy atom. The smallest absolute Gasteiger partial charge is 0.255 e. The summed E-state index contributed by atoms with van der Waals surface area (Å²) in [4.78, 5) is 16.9. The molecule has 8 nitrogen and oxygen atoms in total. The van der Waals surface area contributed by atoms with Crippen LogP contribution < -0.4 is 15.1 Å². The van der Waals surface area contributed by atoms with E-state index in [4.69, 9.17) is 14.2 Å². The lowest BCUT2D eigenvalue weighted by molar-refractivity contribution is -0.143. The molecule has 0 aliphatic carbocycles. The van der Waals surface area contributed by atoms with Gasteiger partial charge in [-0.25, -0.2) is 5.48 Å². The average Bonchev–Trinajstić information content (AvgIpc) is 2.79. The van der Waals surface area contributed by atoms with E-state index in [1.165, 1.54) is 0 Å². The van der Waals surface area contributed by atoms with Gasteiger partial charge < -0.3 is 24.0 Å². The van der Waals surface area contributed by atoms with E-state index >= 15 is 0 Å². The summed E-state index contributed by atoms with van der Waals surface area (Å²) in [6, 6.07) is 8.06. The van der Waals surface area contributed by atoms with Crippen LogP contribution in [0.2, 0.25) is 0 Å². The number of nitrogens with one attached hydrogen (secondary N) is 1. The van der Waals surface area contributed by atoms with Crippen molar-refractivity contribution in [2.45, 2.75) is 12.8 Å². The molecule has 2 fully saturated rings. The highest BCUT2D eigenvalue weighted by Gasteiger charge is 2.45. The van der Waals surface area contributed by atoms with Gasteiger partial charge in [-0.2, -0.15) is 0 Å². The summed E-state index contributed by atoms with van der Waals surface area (Å²) in [5, 5.41) is 9.26. The lowest BCUT2D eigenvalue weighted by atomic mass is 9.76. The van der Waals surface area contributed by atoms with Crippen molar-refractivity contribution in [1.82, 2.24) is 10.4 Å². The number of anilines is 1. The largest absolute Gasteiger partial charge is 0.491 e. The summed E-state index contributed by atoms with van der Waals surface area (Å²) in [6.45, 7) is 9.52. The molecule has 0 atom stereocenters. The first kappa shape index (κ1) is 21.4. The van der Waals surface area contributed by atoms with Gasteiger partial charge in [0.1, 0.15) is 12.4 Å². The highest BCUT2D eigenvalue weighted by Crippen LogP contribution is 2.39. The zero-order chi connectivity index (χ0) is 20.7. The molecule has 2 aliphatic heterocycles. The van der Waals surface area contributed by atoms with E-state index in [-0.39, 0.29) is 0 Å². The highest BCUT2D eigenvalue weighted by molar-refractivity contribution is 5.84. The van der Waals surface area contributed by atoms with Crippen LogP contribution in [0.3, 0.4) is 0 Å². The Balaban J connectivity index is 1.58. The fourth-order valence-electron chi connectivity index (χ4n) is 4.01. The molecule has 2 aliphatic rings. The van der Waals surface area contributed by atoms with Crippen LogP contribution in [-0.4, -0.2) is 75.7 Å². The van der Waals surface area contributed by atoms with E-state index in [9.17, 15) is 10.0 Å². The molecule has 0 aromatic heterocycles. The van der Waals surface area contributed by atoms with Crippen molar-refractivity contribution in [1.29, 1.82) is 0 Å². The van der Waals surface area contributed by atoms with Crippen molar-refractivity contribution in [3.8, 4) is 5.75 Å². The van der Waals surface area contributed by atoms with Crippen LogP contribution in [0.4, 0.5) is 5.69 Å². The molecular weight excluding hydrogens is 374 g/mol. The second-order valence-electron chi connectivity index (χ2n) is 7.39. The van der Waals surface area contributed by atoms with Crippen LogP contribution in [0.25, 0.3) is 0 Å². The third-order valence-electron chi connectivity index (χ3n) is 5.85. The number of hydrogen-bond donors (Lipinski definition) is 2. The van der Waals surface area contributed by atoms with Gasteiger partial charge in [-0.05, 0) is 37.1 Å². The van der Waals surface area contributed by atoms with E-state index in [1.54, 1.807) is 7.11 Å². The zero-order valence-electron chi connectivity index (χ0n) is 17.1. The summed E-state index contributed by atoms with van der Waals surface area (Å²) in [5.74, 6) is 0.437. The number of carbonyl (C=O) groups excluding carboxylic acids is 1. The minimum atomic E-state index is -0.795. The second-order valence-corrected chi connectivity index (χ2v) is 7.39. The Kier molecular flexibility index (Phi) is 7.35. The van der Waals surface area contributed by atoms with Gasteiger partial charge in [-0.3, -0.25) is 10.0 Å². The van der Waals surface area contributed by atoms with Gasteiger partial charge in [-0.1, -0.05) is 6.58 Å². The fraction of sp³-hybridized carbons (Fsp3) is 0.571. The Labute approximate surface area is 172 Å². The lowest BCUT2D eigenvalue weighted by Gasteiger charge is -2.45. The molecule has 0 saturated carbocycles. The molecule has 0 spiro atoms. The SMILES string of the molecule is C=C(N1CCN(c2ccc(OCCOC)cc2)CC1)C1(C(=O)NO)CCOCC1. The number of benzene rings is 1. The lowest BCUT2D eigenvalue weighted by Crippen LogP contribution is -2.53. The maximum absolute atomic E-state index is 12.5. The summed E-state index contributed by atoms with van der Waals surface area (Å²) in [5.41, 5.74) is 2.96. The zero-order valence-corrected chi connectivity index (χ0v) is 17.1. The summed E-state index contributed by atoms with van der Waals surface area (Å²) < 4.78 is 16.0. The molecule has 0 radical (unpaired) electrons. The third kappa shape index (κ3) is 4.83. The molecule has 2 saturated heterocycles. The van der Waals surface area contributed by atoms with E-state index in [2.05, 4.69) is 28.5 Å². The number of piperazine rings is 1. The van der Waals surface area contributed by atoms with Crippen LogP contribution in [-0.2, 0) is 14.3 Å². The predicted octanol–water partition coefficient (Wildman–Crippen LogP) is 1.65. The normalized spacial score (nSPS) is 19.0. The minimum Gasteiger partial charge on any atom is -0.491 e. The first-order valence-electron chi connectivity index (χ1n) is 10.0. The van der Waals surface area contributed by atoms with Crippen LogP contribution in [0, 0.1) is 5.41 Å². The minimum absolute atomic E-state index is 0.391. The van der Waals surface area contributed by atoms with Crippen LogP contribution in [0.5, 0.6) is 5.75 Å². The predicted molar refractivity (Wildman–Crippen MR) is 109 cm³/mol. The van der Waals surface area contributed by atoms with Crippen molar-refractivity contribution in [2.24, 2.45) is 5.41 Å². The van der Waals surface area contributed by atoms with Crippen molar-refractivity contribution in [2.75, 3.05) is 64.6 Å². The van der Waals surface area contributed by atoms with Gasteiger partial charge in [0.15, 0.2) is 0 Å². The Morgan fingerprint density at radius 2 is 1.83 bits per heavy atom. The number of amides is 1. The molecule has 1 aromatic carbocycles. The third-order valence-corrected chi connectivity index (χ3v) is 5.85. The molecule has 0 unspecified atom stereocenters. The molecule has 2 heterocycles. The first-order valence-corrected chi connectivity index (χ1v) is 10.0. The van der Waals surface area contributed by atoms with Crippen molar-refractivity contribution in [3.05, 3.63) is 36.5 Å². The van der Waals surface area contributed by atoms with Gasteiger partial charge in [0, 0.05) is 57.9 Å². The van der Waals surface area contributed by atoms with E-state index in [1.807, 2.05) is 17.6 Å². The monoisotopic (exact) mass is 405 g/mol. The number of methoxy groups -OCH3 is 1. The van der Waals surface area contributed by atoms with Gasteiger partial charge in [0.05, 0.1) is 12.0 Å². The van der Waals surface area contributed by atoms with Gasteiger partial charge >= 0.3 is 0 Å². The van der Waals surface area contributed by atoms with Crippen LogP contribution >= 0.6 is 0 Å². The summed E-state index contributed by atoms with van der Waals surface area (Å²) >= 11 is 0. The van der Waals surface area contributed by atoms with E-state index in [0.29, 0.717) is 39.3 Å². The van der Waals surface area contributed by atoms with Gasteiger partial charge in [0.2, 0.25) is 0 Å². The quantitative estimate of drug-likeness (QED) is 0.387. The van der Waals surface area contributed by atoms with Crippen LogP contribution in [0.15, 0.2) is 36.5 Å². The molecule has 29 heavy (non-hydrogen) atoms. The molecule has 3 rings (SSSR count). The molecule has 0 bridgehead atoms. The fourth-order valence-corrected chi connectivity index (χ4v) is 4.01. The number of hydrogen-bond acceptors (Lipinski definition) is 7. The maximum Gasteiger partial charge on any atom is 0.255 e.